The van der Waals surface area contributed by atoms with Gasteiger partial charge in [0.25, 0.3) is 0 Å². The Bertz CT molecular complexity index is 116. The molecule has 0 radical (unpaired) electrons. The zero-order chi connectivity index (χ0) is 7.45. The number of rotatable bonds is 4. The van der Waals surface area contributed by atoms with Gasteiger partial charge < -0.3 is 9.90 Å². The van der Waals surface area contributed by atoms with E-state index in [9.17, 15) is 9.90 Å². The summed E-state index contributed by atoms with van der Waals surface area (Å²) in [5.41, 5.74) is -0.386. The summed E-state index contributed by atoms with van der Waals surface area (Å²) < 4.78 is 0. The molecule has 1 aliphatic rings. The molecule has 1 saturated carbocycles. The highest BCUT2D eigenvalue weighted by Gasteiger charge is 2.33. The summed E-state index contributed by atoms with van der Waals surface area (Å²) in [6, 6.07) is 0. The van der Waals surface area contributed by atoms with E-state index < -0.39 is 0 Å². The predicted molar refractivity (Wildman–Crippen MR) is 38.7 cm³/mol. The number of carbonyl (C=O) groups excluding carboxylic acids is 1. The second-order valence-corrected chi connectivity index (χ2v) is 3.14. The van der Waals surface area contributed by atoms with Gasteiger partial charge in [-0.25, -0.2) is 0 Å². The maximum atomic E-state index is 9.92. The van der Waals surface area contributed by atoms with E-state index in [-0.39, 0.29) is 5.60 Å². The predicted octanol–water partition coefficient (Wildman–Crippen LogP) is 1.27. The minimum atomic E-state index is -0.386. The summed E-state index contributed by atoms with van der Waals surface area (Å²) in [4.78, 5) is 9.92. The van der Waals surface area contributed by atoms with Crippen LogP contribution in [-0.2, 0) is 4.79 Å². The highest BCUT2D eigenvalue weighted by Crippen LogP contribution is 2.35. The second-order valence-electron chi connectivity index (χ2n) is 3.14. The highest BCUT2D eigenvalue weighted by atomic mass is 16.3. The van der Waals surface area contributed by atoms with Crippen LogP contribution in [0.3, 0.4) is 0 Å². The van der Waals surface area contributed by atoms with Gasteiger partial charge >= 0.3 is 0 Å². The Kier molecular flexibility index (Phi) is 2.44. The fraction of sp³-hybridized carbons (Fsp3) is 0.875. The molecule has 0 aliphatic heterocycles. The molecule has 0 bridgehead atoms. The molecule has 1 fully saturated rings. The van der Waals surface area contributed by atoms with Gasteiger partial charge in [-0.15, -0.1) is 0 Å². The van der Waals surface area contributed by atoms with Crippen molar-refractivity contribution in [3.8, 4) is 0 Å². The molecule has 10 heavy (non-hydrogen) atoms. The Hall–Kier alpha value is -0.370. The van der Waals surface area contributed by atoms with Crippen molar-refractivity contribution in [3.63, 3.8) is 0 Å². The molecule has 0 amide bonds. The molecule has 0 saturated heterocycles. The van der Waals surface area contributed by atoms with Gasteiger partial charge in [0.15, 0.2) is 0 Å². The van der Waals surface area contributed by atoms with Crippen LogP contribution in [0.15, 0.2) is 0 Å². The molecular formula is C8H14O2. The summed E-state index contributed by atoms with van der Waals surface area (Å²) in [6.45, 7) is 0. The van der Waals surface area contributed by atoms with Gasteiger partial charge in [0.05, 0.1) is 5.60 Å². The van der Waals surface area contributed by atoms with Crippen molar-refractivity contribution in [1.82, 2.24) is 0 Å². The topological polar surface area (TPSA) is 37.3 Å². The smallest absolute Gasteiger partial charge is 0.119 e. The van der Waals surface area contributed by atoms with Gasteiger partial charge in [-0.05, 0) is 32.1 Å². The molecule has 0 spiro atoms. The molecule has 2 heteroatoms. The van der Waals surface area contributed by atoms with Crippen LogP contribution in [0.1, 0.15) is 38.5 Å². The number of hydrogen-bond donors (Lipinski definition) is 1. The van der Waals surface area contributed by atoms with E-state index in [4.69, 9.17) is 0 Å². The summed E-state index contributed by atoms with van der Waals surface area (Å²) in [7, 11) is 0. The molecule has 2 nitrogen and oxygen atoms in total. The van der Waals surface area contributed by atoms with Gasteiger partial charge in [-0.1, -0.05) is 0 Å². The molecule has 1 aliphatic carbocycles. The summed E-state index contributed by atoms with van der Waals surface area (Å²) >= 11 is 0. The minimum absolute atomic E-state index is 0.386. The normalized spacial score (nSPS) is 21.7. The van der Waals surface area contributed by atoms with Crippen LogP contribution in [-0.4, -0.2) is 17.0 Å². The van der Waals surface area contributed by atoms with Crippen LogP contribution >= 0.6 is 0 Å². The molecule has 1 N–H and O–H groups in total. The van der Waals surface area contributed by atoms with Crippen molar-refractivity contribution in [3.05, 3.63) is 0 Å². The third-order valence-corrected chi connectivity index (χ3v) is 2.25. The summed E-state index contributed by atoms with van der Waals surface area (Å²) in [5, 5.41) is 9.52. The van der Waals surface area contributed by atoms with Crippen molar-refractivity contribution < 1.29 is 9.90 Å². The second kappa shape index (κ2) is 3.15. The molecule has 0 heterocycles. The SMILES string of the molecule is O=CCCCC1(O)CCC1. The molecule has 0 aromatic heterocycles. The molecule has 58 valence electrons. The quantitative estimate of drug-likeness (QED) is 0.474. The first kappa shape index (κ1) is 7.73. The molecule has 0 unspecified atom stereocenters. The maximum absolute atomic E-state index is 9.92. The van der Waals surface area contributed by atoms with Crippen LogP contribution < -0.4 is 0 Å². The van der Waals surface area contributed by atoms with Gasteiger partial charge in [-0.2, -0.15) is 0 Å². The third-order valence-electron chi connectivity index (χ3n) is 2.25. The Morgan fingerprint density at radius 2 is 2.20 bits per heavy atom. The fourth-order valence-electron chi connectivity index (χ4n) is 1.35. The van der Waals surface area contributed by atoms with E-state index in [2.05, 4.69) is 0 Å². The lowest BCUT2D eigenvalue weighted by atomic mass is 9.77. The van der Waals surface area contributed by atoms with Crippen LogP contribution in [0.2, 0.25) is 0 Å². The lowest BCUT2D eigenvalue weighted by Gasteiger charge is -2.36. The molecule has 0 aromatic carbocycles. The van der Waals surface area contributed by atoms with Crippen molar-refractivity contribution in [1.29, 1.82) is 0 Å². The van der Waals surface area contributed by atoms with Crippen molar-refractivity contribution in [2.45, 2.75) is 44.1 Å². The molecule has 0 aromatic rings. The van der Waals surface area contributed by atoms with Crippen LogP contribution in [0.4, 0.5) is 0 Å². The van der Waals surface area contributed by atoms with E-state index >= 15 is 0 Å². The average molecular weight is 142 g/mol. The van der Waals surface area contributed by atoms with Gasteiger partial charge in [-0.3, -0.25) is 0 Å². The number of aliphatic hydroxyl groups is 1. The van der Waals surface area contributed by atoms with Gasteiger partial charge in [0.1, 0.15) is 6.29 Å². The summed E-state index contributed by atoms with van der Waals surface area (Å²) in [6.07, 6.45) is 6.20. The van der Waals surface area contributed by atoms with Crippen LogP contribution in [0, 0.1) is 0 Å². The first-order chi connectivity index (χ1) is 4.77. The van der Waals surface area contributed by atoms with Crippen molar-refractivity contribution in [2.24, 2.45) is 0 Å². The highest BCUT2D eigenvalue weighted by molar-refractivity contribution is 5.48. The lowest BCUT2D eigenvalue weighted by Crippen LogP contribution is -2.36. The van der Waals surface area contributed by atoms with Gasteiger partial charge in [0.2, 0.25) is 0 Å². The van der Waals surface area contributed by atoms with Crippen molar-refractivity contribution >= 4 is 6.29 Å². The monoisotopic (exact) mass is 142 g/mol. The largest absolute Gasteiger partial charge is 0.390 e. The third kappa shape index (κ3) is 1.81. The molecule has 1 rings (SSSR count). The Morgan fingerprint density at radius 3 is 2.60 bits per heavy atom. The van der Waals surface area contributed by atoms with E-state index in [1.807, 2.05) is 0 Å². The van der Waals surface area contributed by atoms with E-state index in [0.29, 0.717) is 6.42 Å². The molecular weight excluding hydrogens is 128 g/mol. The number of unbranched alkanes of at least 4 members (excludes halogenated alkanes) is 1. The van der Waals surface area contributed by atoms with Crippen LogP contribution in [0.5, 0.6) is 0 Å². The average Bonchev–Trinajstić information content (AvgIpc) is 1.85. The zero-order valence-electron chi connectivity index (χ0n) is 6.18. The molecule has 0 atom stereocenters. The Morgan fingerprint density at radius 1 is 1.50 bits per heavy atom. The van der Waals surface area contributed by atoms with Crippen LogP contribution in [0.25, 0.3) is 0 Å². The first-order valence-corrected chi connectivity index (χ1v) is 3.93. The Balaban J connectivity index is 2.06. The summed E-state index contributed by atoms with van der Waals surface area (Å²) in [5.74, 6) is 0. The van der Waals surface area contributed by atoms with E-state index in [1.165, 1.54) is 0 Å². The fourth-order valence-corrected chi connectivity index (χ4v) is 1.35. The zero-order valence-corrected chi connectivity index (χ0v) is 6.18. The maximum Gasteiger partial charge on any atom is 0.119 e. The number of aldehydes is 1. The number of carbonyl (C=O) groups is 1. The first-order valence-electron chi connectivity index (χ1n) is 3.93. The van der Waals surface area contributed by atoms with Gasteiger partial charge in [0, 0.05) is 6.42 Å². The number of hydrogen-bond acceptors (Lipinski definition) is 2. The van der Waals surface area contributed by atoms with E-state index in [1.54, 1.807) is 0 Å². The van der Waals surface area contributed by atoms with Crippen molar-refractivity contribution in [2.75, 3.05) is 0 Å². The standard InChI is InChI=1S/C8H14O2/c9-7-2-1-4-8(10)5-3-6-8/h7,10H,1-6H2. The lowest BCUT2D eigenvalue weighted by molar-refractivity contribution is -0.108. The Labute approximate surface area is 61.2 Å². The van der Waals surface area contributed by atoms with E-state index in [0.717, 1.165) is 38.4 Å². The minimum Gasteiger partial charge on any atom is -0.390 e.